The van der Waals surface area contributed by atoms with E-state index in [-0.39, 0.29) is 11.9 Å². The molecule has 0 aromatic heterocycles. The lowest BCUT2D eigenvalue weighted by Gasteiger charge is -2.18. The van der Waals surface area contributed by atoms with Crippen molar-refractivity contribution < 1.29 is 9.53 Å². The number of hydrogen-bond donors (Lipinski definition) is 1. The second kappa shape index (κ2) is 5.68. The first kappa shape index (κ1) is 13.5. The van der Waals surface area contributed by atoms with Crippen LogP contribution < -0.4 is 10.5 Å². The minimum atomic E-state index is -0.480. The standard InChI is InChI=1S/C13H20N2O2/c1-9(14)11-5-7-12(8-6-11)17-10(2)13(16)15(3)4/h5-10H,14H2,1-4H3/t9-,10?/m0/s1. The van der Waals surface area contributed by atoms with Gasteiger partial charge in [0.2, 0.25) is 0 Å². The highest BCUT2D eigenvalue weighted by molar-refractivity contribution is 5.80. The van der Waals surface area contributed by atoms with Crippen molar-refractivity contribution >= 4 is 5.91 Å². The molecule has 0 fully saturated rings. The third-order valence-electron chi connectivity index (χ3n) is 2.51. The molecule has 4 nitrogen and oxygen atoms in total. The number of carbonyl (C=O) groups excluding carboxylic acids is 1. The van der Waals surface area contributed by atoms with Crippen LogP contribution in [0, 0.1) is 0 Å². The van der Waals surface area contributed by atoms with E-state index in [0.29, 0.717) is 5.75 Å². The predicted octanol–water partition coefficient (Wildman–Crippen LogP) is 1.56. The summed E-state index contributed by atoms with van der Waals surface area (Å²) in [4.78, 5) is 13.1. The lowest BCUT2D eigenvalue weighted by molar-refractivity contribution is -0.135. The number of hydrogen-bond acceptors (Lipinski definition) is 3. The van der Waals surface area contributed by atoms with Crippen molar-refractivity contribution in [2.75, 3.05) is 14.1 Å². The molecule has 2 N–H and O–H groups in total. The third-order valence-corrected chi connectivity index (χ3v) is 2.51. The fraction of sp³-hybridized carbons (Fsp3) is 0.462. The maximum absolute atomic E-state index is 11.6. The van der Waals surface area contributed by atoms with E-state index >= 15 is 0 Å². The summed E-state index contributed by atoms with van der Waals surface area (Å²) in [6.45, 7) is 3.66. The maximum atomic E-state index is 11.6. The van der Waals surface area contributed by atoms with Crippen molar-refractivity contribution in [2.45, 2.75) is 26.0 Å². The second-order valence-electron chi connectivity index (χ2n) is 4.35. The maximum Gasteiger partial charge on any atom is 0.262 e. The Morgan fingerprint density at radius 3 is 2.18 bits per heavy atom. The molecule has 0 spiro atoms. The predicted molar refractivity (Wildman–Crippen MR) is 67.8 cm³/mol. The summed E-state index contributed by atoms with van der Waals surface area (Å²) in [5.41, 5.74) is 6.80. The SMILES string of the molecule is CC(Oc1ccc([C@H](C)N)cc1)C(=O)N(C)C. The van der Waals surface area contributed by atoms with E-state index in [0.717, 1.165) is 5.56 Å². The summed E-state index contributed by atoms with van der Waals surface area (Å²) in [5, 5.41) is 0. The van der Waals surface area contributed by atoms with Gasteiger partial charge in [0.05, 0.1) is 0 Å². The Bertz CT molecular complexity index is 372. The van der Waals surface area contributed by atoms with Crippen LogP contribution in [-0.4, -0.2) is 31.0 Å². The van der Waals surface area contributed by atoms with E-state index in [1.54, 1.807) is 21.0 Å². The Kier molecular flexibility index (Phi) is 4.52. The lowest BCUT2D eigenvalue weighted by atomic mass is 10.1. The number of amides is 1. The molecule has 1 aromatic rings. The molecule has 1 unspecified atom stereocenters. The monoisotopic (exact) mass is 236 g/mol. The minimum absolute atomic E-state index is 0.00452. The Balaban J connectivity index is 2.66. The van der Waals surface area contributed by atoms with Gasteiger partial charge >= 0.3 is 0 Å². The van der Waals surface area contributed by atoms with E-state index in [1.807, 2.05) is 31.2 Å². The highest BCUT2D eigenvalue weighted by Gasteiger charge is 2.16. The molecule has 0 saturated heterocycles. The molecule has 0 heterocycles. The van der Waals surface area contributed by atoms with Crippen LogP contribution >= 0.6 is 0 Å². The van der Waals surface area contributed by atoms with Gasteiger partial charge < -0.3 is 15.4 Å². The Hall–Kier alpha value is -1.55. The normalized spacial score (nSPS) is 13.9. The van der Waals surface area contributed by atoms with Crippen molar-refractivity contribution in [1.82, 2.24) is 4.90 Å². The number of rotatable bonds is 4. The molecule has 4 heteroatoms. The van der Waals surface area contributed by atoms with E-state index in [4.69, 9.17) is 10.5 Å². The summed E-state index contributed by atoms with van der Waals surface area (Å²) >= 11 is 0. The van der Waals surface area contributed by atoms with Crippen LogP contribution in [0.2, 0.25) is 0 Å². The largest absolute Gasteiger partial charge is 0.481 e. The van der Waals surface area contributed by atoms with Gasteiger partial charge in [0.1, 0.15) is 5.75 Å². The third kappa shape index (κ3) is 3.75. The van der Waals surface area contributed by atoms with Gasteiger partial charge in [-0.1, -0.05) is 12.1 Å². The molecule has 0 saturated carbocycles. The highest BCUT2D eigenvalue weighted by atomic mass is 16.5. The molecule has 17 heavy (non-hydrogen) atoms. The topological polar surface area (TPSA) is 55.6 Å². The van der Waals surface area contributed by atoms with Gasteiger partial charge in [-0.05, 0) is 31.5 Å². The van der Waals surface area contributed by atoms with Crippen molar-refractivity contribution in [1.29, 1.82) is 0 Å². The zero-order chi connectivity index (χ0) is 13.0. The Morgan fingerprint density at radius 2 is 1.76 bits per heavy atom. The van der Waals surface area contributed by atoms with Crippen LogP contribution in [0.3, 0.4) is 0 Å². The zero-order valence-corrected chi connectivity index (χ0v) is 10.8. The van der Waals surface area contributed by atoms with E-state index < -0.39 is 6.10 Å². The summed E-state index contributed by atoms with van der Waals surface area (Å²) in [5.74, 6) is 0.623. The minimum Gasteiger partial charge on any atom is -0.481 e. The molecule has 0 aliphatic carbocycles. The summed E-state index contributed by atoms with van der Waals surface area (Å²) in [6.07, 6.45) is -0.480. The molecule has 0 radical (unpaired) electrons. The first-order chi connectivity index (χ1) is 7.91. The first-order valence-electron chi connectivity index (χ1n) is 5.65. The summed E-state index contributed by atoms with van der Waals surface area (Å²) < 4.78 is 5.54. The van der Waals surface area contributed by atoms with Gasteiger partial charge in [-0.25, -0.2) is 0 Å². The van der Waals surface area contributed by atoms with Crippen LogP contribution in [0.4, 0.5) is 0 Å². The summed E-state index contributed by atoms with van der Waals surface area (Å²) in [7, 11) is 3.42. The van der Waals surface area contributed by atoms with Crippen molar-refractivity contribution in [3.63, 3.8) is 0 Å². The highest BCUT2D eigenvalue weighted by Crippen LogP contribution is 2.17. The number of nitrogens with two attached hydrogens (primary N) is 1. The number of nitrogens with zero attached hydrogens (tertiary/aromatic N) is 1. The lowest BCUT2D eigenvalue weighted by Crippen LogP contribution is -2.35. The van der Waals surface area contributed by atoms with E-state index in [1.165, 1.54) is 4.90 Å². The van der Waals surface area contributed by atoms with Gasteiger partial charge in [-0.15, -0.1) is 0 Å². The van der Waals surface area contributed by atoms with Crippen molar-refractivity contribution in [3.05, 3.63) is 29.8 Å². The van der Waals surface area contributed by atoms with E-state index in [2.05, 4.69) is 0 Å². The fourth-order valence-electron chi connectivity index (χ4n) is 1.47. The number of likely N-dealkylation sites (N-methyl/N-ethyl adjacent to an activating group) is 1. The molecule has 1 amide bonds. The van der Waals surface area contributed by atoms with Gasteiger partial charge in [-0.2, -0.15) is 0 Å². The zero-order valence-electron chi connectivity index (χ0n) is 10.8. The average molecular weight is 236 g/mol. The van der Waals surface area contributed by atoms with Crippen molar-refractivity contribution in [3.8, 4) is 5.75 Å². The molecule has 1 rings (SSSR count). The van der Waals surface area contributed by atoms with E-state index in [9.17, 15) is 4.79 Å². The number of carbonyl (C=O) groups is 1. The number of benzene rings is 1. The average Bonchev–Trinajstić information content (AvgIpc) is 2.28. The second-order valence-corrected chi connectivity index (χ2v) is 4.35. The Morgan fingerprint density at radius 1 is 1.24 bits per heavy atom. The van der Waals surface area contributed by atoms with Crippen molar-refractivity contribution in [2.24, 2.45) is 5.73 Å². The molecule has 0 aliphatic rings. The van der Waals surface area contributed by atoms with Crippen LogP contribution in [0.1, 0.15) is 25.5 Å². The van der Waals surface area contributed by atoms with Gasteiger partial charge in [0, 0.05) is 20.1 Å². The smallest absolute Gasteiger partial charge is 0.262 e. The molecular weight excluding hydrogens is 216 g/mol. The van der Waals surface area contributed by atoms with Crippen LogP contribution in [-0.2, 0) is 4.79 Å². The van der Waals surface area contributed by atoms with Gasteiger partial charge in [-0.3, -0.25) is 4.79 Å². The number of ether oxygens (including phenoxy) is 1. The van der Waals surface area contributed by atoms with Crippen LogP contribution in [0.5, 0.6) is 5.75 Å². The molecule has 0 aliphatic heterocycles. The Labute approximate surface area is 102 Å². The molecule has 0 bridgehead atoms. The molecular formula is C13H20N2O2. The first-order valence-corrected chi connectivity index (χ1v) is 5.65. The molecule has 1 aromatic carbocycles. The molecule has 94 valence electrons. The summed E-state index contributed by atoms with van der Waals surface area (Å²) in [6, 6.07) is 7.49. The molecule has 2 atom stereocenters. The van der Waals surface area contributed by atoms with Crippen LogP contribution in [0.15, 0.2) is 24.3 Å². The van der Waals surface area contributed by atoms with Gasteiger partial charge in [0.15, 0.2) is 6.10 Å². The quantitative estimate of drug-likeness (QED) is 0.863. The fourth-order valence-corrected chi connectivity index (χ4v) is 1.47. The van der Waals surface area contributed by atoms with Crippen LogP contribution in [0.25, 0.3) is 0 Å². The van der Waals surface area contributed by atoms with Gasteiger partial charge in [0.25, 0.3) is 5.91 Å².